The second-order valence-corrected chi connectivity index (χ2v) is 11.1. The van der Waals surface area contributed by atoms with Crippen LogP contribution in [0.3, 0.4) is 0 Å². The van der Waals surface area contributed by atoms with Gasteiger partial charge in [-0.25, -0.2) is 4.57 Å². The smallest absolute Gasteiger partial charge is 0.463 e. The predicted molar refractivity (Wildman–Crippen MR) is 147 cm³/mol. The number of benzene rings is 2. The van der Waals surface area contributed by atoms with Crippen LogP contribution in [0, 0.1) is 0 Å². The number of rotatable bonds is 13. The Morgan fingerprint density at radius 1 is 0.762 bits per heavy atom. The summed E-state index contributed by atoms with van der Waals surface area (Å²) in [5.41, 5.74) is 1.35. The van der Waals surface area contributed by atoms with E-state index in [4.69, 9.17) is 27.8 Å². The number of carbonyl (C=O) groups excluding carboxylic acids is 4. The zero-order valence-electron chi connectivity index (χ0n) is 23.7. The van der Waals surface area contributed by atoms with Crippen LogP contribution < -0.4 is 10.6 Å². The topological polar surface area (TPSA) is 165 Å². The van der Waals surface area contributed by atoms with E-state index in [2.05, 4.69) is 10.6 Å². The number of ether oxygens (including phenoxy) is 3. The molecule has 1 saturated heterocycles. The van der Waals surface area contributed by atoms with Crippen LogP contribution in [0.2, 0.25) is 0 Å². The van der Waals surface area contributed by atoms with E-state index in [9.17, 15) is 23.7 Å². The molecule has 0 aromatic heterocycles. The average molecular weight is 607 g/mol. The molecule has 1 aliphatic rings. The highest BCUT2D eigenvalue weighted by atomic mass is 31.2. The minimum atomic E-state index is -4.48. The molecule has 1 fully saturated rings. The fourth-order valence-electron chi connectivity index (χ4n) is 4.18. The first-order valence-electron chi connectivity index (χ1n) is 13.1. The minimum absolute atomic E-state index is 0.160. The summed E-state index contributed by atoms with van der Waals surface area (Å²) in [4.78, 5) is 48.1. The van der Waals surface area contributed by atoms with E-state index >= 15 is 0 Å². The Bertz CT molecular complexity index is 1210. The third-order valence-electron chi connectivity index (χ3n) is 5.90. The number of hydrogen-bond donors (Lipinski definition) is 2. The lowest BCUT2D eigenvalue weighted by Crippen LogP contribution is -2.70. The van der Waals surface area contributed by atoms with E-state index in [1.54, 1.807) is 48.5 Å². The number of phosphoric ester groups is 1. The molecule has 3 rings (SSSR count). The van der Waals surface area contributed by atoms with Crippen molar-refractivity contribution in [1.29, 1.82) is 0 Å². The van der Waals surface area contributed by atoms with Crippen LogP contribution in [0.4, 0.5) is 0 Å². The van der Waals surface area contributed by atoms with Crippen LogP contribution in [-0.2, 0) is 64.7 Å². The Morgan fingerprint density at radius 2 is 1.26 bits per heavy atom. The van der Waals surface area contributed by atoms with Gasteiger partial charge in [-0.15, -0.1) is 0 Å². The first-order chi connectivity index (χ1) is 20.0. The summed E-state index contributed by atoms with van der Waals surface area (Å²) in [6.07, 6.45) is -4.03. The maximum atomic E-state index is 14.1. The van der Waals surface area contributed by atoms with Gasteiger partial charge in [0.15, 0.2) is 12.4 Å². The molecule has 228 valence electrons. The van der Waals surface area contributed by atoms with Crippen LogP contribution in [0.1, 0.15) is 38.8 Å². The molecule has 42 heavy (non-hydrogen) atoms. The molecule has 13 nitrogen and oxygen atoms in total. The summed E-state index contributed by atoms with van der Waals surface area (Å²) in [7, 11) is -4.48. The van der Waals surface area contributed by atoms with Crippen molar-refractivity contribution in [3.05, 3.63) is 71.8 Å². The van der Waals surface area contributed by atoms with Crippen molar-refractivity contribution in [2.24, 2.45) is 0 Å². The van der Waals surface area contributed by atoms with Gasteiger partial charge < -0.3 is 24.8 Å². The predicted octanol–water partition coefficient (Wildman–Crippen LogP) is 2.77. The third kappa shape index (κ3) is 10.3. The second-order valence-electron chi connectivity index (χ2n) is 9.44. The summed E-state index contributed by atoms with van der Waals surface area (Å²) in [6, 6.07) is 15.3. The molecule has 2 aromatic carbocycles. The SMILES string of the molecule is CC(=O)N[C@@H]1[C@@H](NC(C)=O)[C@@H](OP(=O)(OCc2ccccc2)OCc2ccccc2)O[C@H](COC(C)=O)[C@H]1OC(C)=O. The highest BCUT2D eigenvalue weighted by Crippen LogP contribution is 2.53. The first-order valence-corrected chi connectivity index (χ1v) is 14.6. The Hall–Kier alpha value is -3.61. The van der Waals surface area contributed by atoms with Crippen molar-refractivity contribution in [2.75, 3.05) is 6.61 Å². The van der Waals surface area contributed by atoms with Crippen LogP contribution in [0.25, 0.3) is 0 Å². The van der Waals surface area contributed by atoms with Crippen molar-refractivity contribution >= 4 is 31.6 Å². The Morgan fingerprint density at radius 3 is 1.71 bits per heavy atom. The van der Waals surface area contributed by atoms with E-state index < -0.39 is 68.8 Å². The van der Waals surface area contributed by atoms with Crippen LogP contribution in [0.5, 0.6) is 0 Å². The van der Waals surface area contributed by atoms with E-state index in [1.165, 1.54) is 20.8 Å². The Labute approximate surface area is 243 Å². The van der Waals surface area contributed by atoms with Gasteiger partial charge >= 0.3 is 19.8 Å². The molecule has 5 atom stereocenters. The molecule has 14 heteroatoms. The molecular formula is C28H35N2O11P. The van der Waals surface area contributed by atoms with E-state index in [1.807, 2.05) is 12.1 Å². The average Bonchev–Trinajstić information content (AvgIpc) is 2.93. The molecular weight excluding hydrogens is 571 g/mol. The van der Waals surface area contributed by atoms with Gasteiger partial charge in [-0.1, -0.05) is 60.7 Å². The summed E-state index contributed by atoms with van der Waals surface area (Å²) >= 11 is 0. The van der Waals surface area contributed by atoms with Crippen molar-refractivity contribution in [3.63, 3.8) is 0 Å². The fourth-order valence-corrected chi connectivity index (χ4v) is 5.43. The van der Waals surface area contributed by atoms with Crippen molar-refractivity contribution in [2.45, 2.75) is 71.5 Å². The van der Waals surface area contributed by atoms with Gasteiger partial charge in [-0.2, -0.15) is 0 Å². The number of amides is 2. The standard InChI is InChI=1S/C28H35N2O11P/c1-18(31)29-25-26(30-19(2)32)28(40-24(17-36-20(3)33)27(25)39-21(4)34)41-42(35,37-15-22-11-7-5-8-12-22)38-16-23-13-9-6-10-14-23/h5-14,24-28H,15-17H2,1-4H3,(H,29,31)(H,30,32)/t24-,25-,26-,27-,28-/m1/s1. The van der Waals surface area contributed by atoms with E-state index in [-0.39, 0.29) is 13.2 Å². The van der Waals surface area contributed by atoms with E-state index in [0.717, 1.165) is 6.92 Å². The van der Waals surface area contributed by atoms with Crippen molar-refractivity contribution in [3.8, 4) is 0 Å². The monoisotopic (exact) mass is 606 g/mol. The van der Waals surface area contributed by atoms with Gasteiger partial charge in [0.05, 0.1) is 19.3 Å². The number of esters is 2. The maximum absolute atomic E-state index is 14.1. The Kier molecular flexibility index (Phi) is 12.2. The van der Waals surface area contributed by atoms with Gasteiger partial charge in [0.1, 0.15) is 18.8 Å². The number of phosphoric acid groups is 1. The fraction of sp³-hybridized carbons (Fsp3) is 0.429. The quantitative estimate of drug-likeness (QED) is 0.254. The van der Waals surface area contributed by atoms with Crippen LogP contribution in [-0.4, -0.2) is 60.9 Å². The lowest BCUT2D eigenvalue weighted by molar-refractivity contribution is -0.236. The highest BCUT2D eigenvalue weighted by Gasteiger charge is 2.52. The molecule has 2 N–H and O–H groups in total. The van der Waals surface area contributed by atoms with Crippen molar-refractivity contribution < 1.29 is 51.5 Å². The molecule has 0 bridgehead atoms. The summed E-state index contributed by atoms with van der Waals surface area (Å²) in [6.45, 7) is 4.01. The van der Waals surface area contributed by atoms with Gasteiger partial charge in [-0.05, 0) is 11.1 Å². The molecule has 2 amide bonds. The second kappa shape index (κ2) is 15.6. The number of hydrogen-bond acceptors (Lipinski definition) is 11. The Balaban J connectivity index is 1.98. The normalized spacial score (nSPS) is 22.0. The maximum Gasteiger partial charge on any atom is 0.477 e. The lowest BCUT2D eigenvalue weighted by Gasteiger charge is -2.46. The molecule has 1 aliphatic heterocycles. The third-order valence-corrected chi connectivity index (χ3v) is 7.26. The highest BCUT2D eigenvalue weighted by molar-refractivity contribution is 7.48. The summed E-state index contributed by atoms with van der Waals surface area (Å²) in [5, 5.41) is 5.25. The molecule has 0 aliphatic carbocycles. The van der Waals surface area contributed by atoms with Crippen LogP contribution in [0.15, 0.2) is 60.7 Å². The molecule has 1 heterocycles. The summed E-state index contributed by atoms with van der Waals surface area (Å²) < 4.78 is 47.9. The molecule has 0 spiro atoms. The summed E-state index contributed by atoms with van der Waals surface area (Å²) in [5.74, 6) is -2.47. The molecule has 2 aromatic rings. The van der Waals surface area contributed by atoms with Crippen molar-refractivity contribution in [1.82, 2.24) is 10.6 Å². The van der Waals surface area contributed by atoms with Gasteiger partial charge in [-0.3, -0.25) is 32.7 Å². The zero-order valence-corrected chi connectivity index (χ0v) is 24.6. The number of nitrogens with one attached hydrogen (secondary N) is 2. The van der Waals surface area contributed by atoms with Gasteiger partial charge in [0.25, 0.3) is 0 Å². The van der Waals surface area contributed by atoms with Crippen LogP contribution >= 0.6 is 7.82 Å². The number of carbonyl (C=O) groups is 4. The lowest BCUT2D eigenvalue weighted by atomic mass is 9.93. The molecule has 0 saturated carbocycles. The van der Waals surface area contributed by atoms with Gasteiger partial charge in [0.2, 0.25) is 11.8 Å². The van der Waals surface area contributed by atoms with Gasteiger partial charge in [0, 0.05) is 27.7 Å². The minimum Gasteiger partial charge on any atom is -0.463 e. The molecule has 0 unspecified atom stereocenters. The largest absolute Gasteiger partial charge is 0.477 e. The molecule has 0 radical (unpaired) electrons. The zero-order chi connectivity index (χ0) is 30.7. The first kappa shape index (κ1) is 32.9. The van der Waals surface area contributed by atoms with E-state index in [0.29, 0.717) is 11.1 Å².